The Morgan fingerprint density at radius 2 is 2.16 bits per heavy atom. The van der Waals surface area contributed by atoms with Gasteiger partial charge in [0, 0.05) is 30.9 Å². The van der Waals surface area contributed by atoms with E-state index < -0.39 is 0 Å². The van der Waals surface area contributed by atoms with Gasteiger partial charge in [0.05, 0.1) is 6.04 Å². The highest BCUT2D eigenvalue weighted by Crippen LogP contribution is 2.41. The predicted molar refractivity (Wildman–Crippen MR) is 69.5 cm³/mol. The van der Waals surface area contributed by atoms with E-state index in [1.54, 1.807) is 12.3 Å². The van der Waals surface area contributed by atoms with Gasteiger partial charge in [0.25, 0.3) is 0 Å². The van der Waals surface area contributed by atoms with Crippen molar-refractivity contribution in [1.29, 1.82) is 0 Å². The molecule has 6 nitrogen and oxygen atoms in total. The Labute approximate surface area is 109 Å². The molecular formula is C13H15N5O. The molecule has 1 aliphatic heterocycles. The molecule has 2 N–H and O–H groups in total. The van der Waals surface area contributed by atoms with E-state index in [9.17, 15) is 4.79 Å². The predicted octanol–water partition coefficient (Wildman–Crippen LogP) is 0.688. The smallest absolute Gasteiger partial charge is 0.247 e. The first-order chi connectivity index (χ1) is 9.33. The molecule has 2 aliphatic rings. The van der Waals surface area contributed by atoms with Gasteiger partial charge in [0.15, 0.2) is 11.6 Å². The molecule has 98 valence electrons. The monoisotopic (exact) mass is 257 g/mol. The lowest BCUT2D eigenvalue weighted by Gasteiger charge is -2.24. The largest absolute Gasteiger partial charge is 0.328 e. The van der Waals surface area contributed by atoms with E-state index in [0.29, 0.717) is 12.0 Å². The van der Waals surface area contributed by atoms with Crippen molar-refractivity contribution in [3.8, 4) is 11.4 Å². The summed E-state index contributed by atoms with van der Waals surface area (Å²) in [5.41, 5.74) is 0.814. The zero-order valence-corrected chi connectivity index (χ0v) is 10.5. The minimum absolute atomic E-state index is 0.0975. The number of aromatic amines is 1. The second-order valence-electron chi connectivity index (χ2n) is 5.24. The van der Waals surface area contributed by atoms with Crippen LogP contribution in [0.25, 0.3) is 11.4 Å². The van der Waals surface area contributed by atoms with Gasteiger partial charge in [-0.1, -0.05) is 0 Å². The van der Waals surface area contributed by atoms with Crippen LogP contribution in [0.5, 0.6) is 0 Å². The van der Waals surface area contributed by atoms with E-state index in [4.69, 9.17) is 0 Å². The Bertz CT molecular complexity index is 649. The molecule has 0 aromatic carbocycles. The van der Waals surface area contributed by atoms with Crippen molar-refractivity contribution in [2.75, 3.05) is 6.54 Å². The molecular weight excluding hydrogens is 242 g/mol. The first kappa shape index (κ1) is 10.9. The van der Waals surface area contributed by atoms with Crippen LogP contribution < -0.4 is 10.9 Å². The summed E-state index contributed by atoms with van der Waals surface area (Å²) >= 11 is 0. The number of nitrogens with zero attached hydrogens (tertiary/aromatic N) is 3. The van der Waals surface area contributed by atoms with Gasteiger partial charge in [-0.2, -0.15) is 0 Å². The van der Waals surface area contributed by atoms with Gasteiger partial charge in [-0.3, -0.25) is 4.79 Å². The first-order valence-corrected chi connectivity index (χ1v) is 6.68. The van der Waals surface area contributed by atoms with E-state index in [1.165, 1.54) is 18.9 Å². The van der Waals surface area contributed by atoms with Crippen molar-refractivity contribution in [1.82, 2.24) is 25.1 Å². The molecule has 2 aromatic heterocycles. The lowest BCUT2D eigenvalue weighted by molar-refractivity contribution is 0.383. The zero-order valence-electron chi connectivity index (χ0n) is 10.5. The summed E-state index contributed by atoms with van der Waals surface area (Å²) < 4.78 is 2.17. The highest BCUT2D eigenvalue weighted by atomic mass is 16.1. The van der Waals surface area contributed by atoms with E-state index in [0.717, 1.165) is 30.3 Å². The summed E-state index contributed by atoms with van der Waals surface area (Å²) in [5.74, 6) is 2.60. The third-order valence-corrected chi connectivity index (χ3v) is 3.89. The maximum Gasteiger partial charge on any atom is 0.247 e. The minimum Gasteiger partial charge on any atom is -0.328 e. The Morgan fingerprint density at radius 1 is 1.26 bits per heavy atom. The quantitative estimate of drug-likeness (QED) is 0.830. The maximum atomic E-state index is 11.1. The molecule has 0 spiro atoms. The molecule has 6 heteroatoms. The molecule has 1 fully saturated rings. The summed E-state index contributed by atoms with van der Waals surface area (Å²) in [6.45, 7) is 1.82. The molecule has 1 unspecified atom stereocenters. The lowest BCUT2D eigenvalue weighted by atomic mass is 10.1. The minimum atomic E-state index is -0.0975. The SMILES string of the molecule is O=c1ccc(-c2nnc3n2CCNC3C2CC2)c[nH]1. The molecule has 0 bridgehead atoms. The fourth-order valence-electron chi connectivity index (χ4n) is 2.76. The average Bonchev–Trinajstić information content (AvgIpc) is 3.19. The van der Waals surface area contributed by atoms with Gasteiger partial charge in [0.1, 0.15) is 0 Å². The van der Waals surface area contributed by atoms with Gasteiger partial charge >= 0.3 is 0 Å². The van der Waals surface area contributed by atoms with Crippen LogP contribution in [-0.2, 0) is 6.54 Å². The number of nitrogens with one attached hydrogen (secondary N) is 2. The van der Waals surface area contributed by atoms with Gasteiger partial charge in [-0.25, -0.2) is 0 Å². The Balaban J connectivity index is 1.78. The van der Waals surface area contributed by atoms with Crippen LogP contribution >= 0.6 is 0 Å². The summed E-state index contributed by atoms with van der Waals surface area (Å²) in [6.07, 6.45) is 4.25. The molecule has 2 aromatic rings. The highest BCUT2D eigenvalue weighted by molar-refractivity contribution is 5.53. The third-order valence-electron chi connectivity index (χ3n) is 3.89. The van der Waals surface area contributed by atoms with Crippen LogP contribution in [0, 0.1) is 5.92 Å². The Kier molecular flexibility index (Phi) is 2.32. The maximum absolute atomic E-state index is 11.1. The van der Waals surface area contributed by atoms with Crippen molar-refractivity contribution >= 4 is 0 Å². The van der Waals surface area contributed by atoms with Crippen LogP contribution in [-0.4, -0.2) is 26.3 Å². The second-order valence-corrected chi connectivity index (χ2v) is 5.24. The Hall–Kier alpha value is -1.95. The van der Waals surface area contributed by atoms with E-state index in [-0.39, 0.29) is 5.56 Å². The van der Waals surface area contributed by atoms with Crippen molar-refractivity contribution in [3.05, 3.63) is 34.5 Å². The lowest BCUT2D eigenvalue weighted by Crippen LogP contribution is -2.35. The number of fused-ring (bicyclic) bond motifs is 1. The van der Waals surface area contributed by atoms with Gasteiger partial charge in [0.2, 0.25) is 5.56 Å². The van der Waals surface area contributed by atoms with Gasteiger partial charge in [-0.05, 0) is 24.8 Å². The topological polar surface area (TPSA) is 75.6 Å². The average molecular weight is 257 g/mol. The second kappa shape index (κ2) is 4.03. The molecule has 0 radical (unpaired) electrons. The Morgan fingerprint density at radius 3 is 2.89 bits per heavy atom. The van der Waals surface area contributed by atoms with Crippen LogP contribution in [0.3, 0.4) is 0 Å². The highest BCUT2D eigenvalue weighted by Gasteiger charge is 2.37. The van der Waals surface area contributed by atoms with Crippen molar-refractivity contribution in [2.24, 2.45) is 5.92 Å². The number of H-pyrrole nitrogens is 1. The first-order valence-electron chi connectivity index (χ1n) is 6.68. The molecule has 3 heterocycles. The van der Waals surface area contributed by atoms with E-state index in [1.807, 2.05) is 0 Å². The summed E-state index contributed by atoms with van der Waals surface area (Å²) in [5, 5.41) is 12.2. The molecule has 4 rings (SSSR count). The number of hydrogen-bond donors (Lipinski definition) is 2. The van der Waals surface area contributed by atoms with Crippen LogP contribution in [0.2, 0.25) is 0 Å². The molecule has 1 atom stereocenters. The standard InChI is InChI=1S/C13H15N5O/c19-10-4-3-9(7-15-10)12-16-17-13-11(8-1-2-8)14-5-6-18(12)13/h3-4,7-8,11,14H,1-2,5-6H2,(H,15,19). The van der Waals surface area contributed by atoms with E-state index in [2.05, 4.69) is 25.1 Å². The van der Waals surface area contributed by atoms with Crippen LogP contribution in [0.4, 0.5) is 0 Å². The molecule has 0 amide bonds. The third kappa shape index (κ3) is 1.79. The van der Waals surface area contributed by atoms with Crippen molar-refractivity contribution < 1.29 is 0 Å². The fourth-order valence-corrected chi connectivity index (χ4v) is 2.76. The van der Waals surface area contributed by atoms with Crippen molar-refractivity contribution in [2.45, 2.75) is 25.4 Å². The zero-order chi connectivity index (χ0) is 12.8. The summed E-state index contributed by atoms with van der Waals surface area (Å²) in [6, 6.07) is 3.67. The number of aromatic nitrogens is 4. The molecule has 1 aliphatic carbocycles. The molecule has 0 saturated heterocycles. The normalized spacial score (nSPS) is 22.2. The number of pyridine rings is 1. The fraction of sp³-hybridized carbons (Fsp3) is 0.462. The van der Waals surface area contributed by atoms with E-state index >= 15 is 0 Å². The van der Waals surface area contributed by atoms with Gasteiger partial charge < -0.3 is 14.9 Å². The summed E-state index contributed by atoms with van der Waals surface area (Å²) in [4.78, 5) is 13.8. The number of hydrogen-bond acceptors (Lipinski definition) is 4. The van der Waals surface area contributed by atoms with Crippen molar-refractivity contribution in [3.63, 3.8) is 0 Å². The number of rotatable bonds is 2. The molecule has 1 saturated carbocycles. The van der Waals surface area contributed by atoms with Gasteiger partial charge in [-0.15, -0.1) is 10.2 Å². The molecule has 19 heavy (non-hydrogen) atoms. The van der Waals surface area contributed by atoms with Crippen LogP contribution in [0.1, 0.15) is 24.7 Å². The van der Waals surface area contributed by atoms with Crippen LogP contribution in [0.15, 0.2) is 23.1 Å². The summed E-state index contributed by atoms with van der Waals surface area (Å²) in [7, 11) is 0.